The Morgan fingerprint density at radius 2 is 1.79 bits per heavy atom. The molecule has 1 N–H and O–H groups in total. The number of amides is 2. The number of carbonyl (C=O) groups is 1. The highest BCUT2D eigenvalue weighted by atomic mass is 19.1. The van der Waals surface area contributed by atoms with Gasteiger partial charge in [-0.2, -0.15) is 4.98 Å². The van der Waals surface area contributed by atoms with Crippen molar-refractivity contribution in [2.75, 3.05) is 4.90 Å². The van der Waals surface area contributed by atoms with Crippen molar-refractivity contribution in [3.63, 3.8) is 0 Å². The third-order valence-electron chi connectivity index (χ3n) is 5.96. The van der Waals surface area contributed by atoms with Crippen LogP contribution in [0.3, 0.4) is 0 Å². The highest BCUT2D eigenvalue weighted by Gasteiger charge is 2.36. The van der Waals surface area contributed by atoms with Crippen LogP contribution in [0.5, 0.6) is 0 Å². The summed E-state index contributed by atoms with van der Waals surface area (Å²) >= 11 is 0. The molecular weight excluding hydrogens is 431 g/mol. The number of anilines is 1. The first-order chi connectivity index (χ1) is 16.5. The van der Waals surface area contributed by atoms with Gasteiger partial charge in [0.2, 0.25) is 5.82 Å². The van der Waals surface area contributed by atoms with Crippen molar-refractivity contribution < 1.29 is 13.7 Å². The predicted octanol–water partition coefficient (Wildman–Crippen LogP) is 6.14. The zero-order chi connectivity index (χ0) is 23.7. The summed E-state index contributed by atoms with van der Waals surface area (Å²) in [7, 11) is 0. The van der Waals surface area contributed by atoms with Crippen LogP contribution >= 0.6 is 0 Å². The Hall–Kier alpha value is -4.26. The Labute approximate surface area is 196 Å². The highest BCUT2D eigenvalue weighted by molar-refractivity contribution is 6.01. The molecule has 1 atom stereocenters. The summed E-state index contributed by atoms with van der Waals surface area (Å²) in [6.45, 7) is 3.89. The lowest BCUT2D eigenvalue weighted by atomic mass is 9.93. The number of benzene rings is 3. The van der Waals surface area contributed by atoms with Gasteiger partial charge < -0.3 is 9.84 Å². The average Bonchev–Trinajstić information content (AvgIpc) is 3.34. The van der Waals surface area contributed by atoms with Crippen molar-refractivity contribution in [3.8, 4) is 11.4 Å². The number of hydrogen-bond donors (Lipinski definition) is 1. The predicted molar refractivity (Wildman–Crippen MR) is 128 cm³/mol. The Kier molecular flexibility index (Phi) is 5.67. The van der Waals surface area contributed by atoms with Crippen LogP contribution in [0.2, 0.25) is 0 Å². The van der Waals surface area contributed by atoms with E-state index in [1.54, 1.807) is 19.1 Å². The van der Waals surface area contributed by atoms with Crippen molar-refractivity contribution in [2.45, 2.75) is 26.3 Å². The third-order valence-corrected chi connectivity index (χ3v) is 5.96. The molecule has 1 aromatic heterocycles. The van der Waals surface area contributed by atoms with Crippen LogP contribution in [0.1, 0.15) is 36.9 Å². The number of hydrogen-bond acceptors (Lipinski definition) is 4. The molecule has 34 heavy (non-hydrogen) atoms. The summed E-state index contributed by atoms with van der Waals surface area (Å²) in [6, 6.07) is 22.6. The minimum absolute atomic E-state index is 0.294. The van der Waals surface area contributed by atoms with E-state index in [2.05, 4.69) is 22.4 Å². The van der Waals surface area contributed by atoms with Crippen molar-refractivity contribution in [1.29, 1.82) is 0 Å². The van der Waals surface area contributed by atoms with E-state index < -0.39 is 11.9 Å². The largest absolute Gasteiger partial charge is 0.334 e. The van der Waals surface area contributed by atoms with E-state index in [1.165, 1.54) is 22.6 Å². The van der Waals surface area contributed by atoms with Crippen LogP contribution in [0.15, 0.2) is 89.1 Å². The summed E-state index contributed by atoms with van der Waals surface area (Å²) in [6.07, 6.45) is 0.913. The highest BCUT2D eigenvalue weighted by Crippen LogP contribution is 2.39. The number of allylic oxidation sites excluding steroid dienone is 1. The zero-order valence-electron chi connectivity index (χ0n) is 18.8. The molecule has 1 aliphatic heterocycles. The molecule has 2 amide bonds. The van der Waals surface area contributed by atoms with E-state index >= 15 is 0 Å². The second-order valence-electron chi connectivity index (χ2n) is 8.08. The molecule has 0 saturated heterocycles. The molecule has 0 bridgehead atoms. The summed E-state index contributed by atoms with van der Waals surface area (Å²) in [5.41, 5.74) is 4.55. The van der Waals surface area contributed by atoms with Crippen LogP contribution in [0.25, 0.3) is 17.0 Å². The van der Waals surface area contributed by atoms with Gasteiger partial charge in [-0.3, -0.25) is 4.90 Å². The fourth-order valence-electron chi connectivity index (χ4n) is 4.18. The second kappa shape index (κ2) is 8.94. The molecule has 5 rings (SSSR count). The molecule has 1 aliphatic rings. The topological polar surface area (TPSA) is 71.3 Å². The molecule has 6 nitrogen and oxygen atoms in total. The first kappa shape index (κ1) is 21.6. The van der Waals surface area contributed by atoms with E-state index in [0.29, 0.717) is 28.7 Å². The van der Waals surface area contributed by atoms with Gasteiger partial charge in [0.25, 0.3) is 5.89 Å². The molecule has 0 aliphatic carbocycles. The summed E-state index contributed by atoms with van der Waals surface area (Å²) in [4.78, 5) is 19.3. The van der Waals surface area contributed by atoms with Gasteiger partial charge in [-0.15, -0.1) is 0 Å². The Bertz CT molecular complexity index is 1360. The minimum atomic E-state index is -0.507. The molecular formula is C27H23FN4O2. The zero-order valence-corrected chi connectivity index (χ0v) is 18.8. The number of aryl methyl sites for hydroxylation is 1. The van der Waals surface area contributed by atoms with Gasteiger partial charge in [0.05, 0.1) is 17.3 Å². The number of urea groups is 1. The van der Waals surface area contributed by atoms with Crippen molar-refractivity contribution in [3.05, 3.63) is 107 Å². The number of nitrogens with zero attached hydrogens (tertiary/aromatic N) is 3. The van der Waals surface area contributed by atoms with Gasteiger partial charge in [-0.1, -0.05) is 72.7 Å². The van der Waals surface area contributed by atoms with Gasteiger partial charge in [0.1, 0.15) is 5.82 Å². The van der Waals surface area contributed by atoms with E-state index in [0.717, 1.165) is 17.5 Å². The molecule has 0 fully saturated rings. The quantitative estimate of drug-likeness (QED) is 0.393. The van der Waals surface area contributed by atoms with E-state index in [4.69, 9.17) is 4.52 Å². The number of halogens is 1. The van der Waals surface area contributed by atoms with Gasteiger partial charge in [0.15, 0.2) is 0 Å². The van der Waals surface area contributed by atoms with Crippen LogP contribution in [0, 0.1) is 5.82 Å². The molecule has 0 spiro atoms. The first-order valence-corrected chi connectivity index (χ1v) is 11.1. The second-order valence-corrected chi connectivity index (χ2v) is 8.08. The molecule has 2 heterocycles. The SMILES string of the molecule is CCc1ccc(C2NC(=O)N(c3cccc(F)c3)C(C)=C2c2nc(-c3ccccc3)no2)cc1. The number of carbonyl (C=O) groups excluding carboxylic acids is 1. The van der Waals surface area contributed by atoms with E-state index in [-0.39, 0.29) is 6.03 Å². The van der Waals surface area contributed by atoms with Crippen LogP contribution < -0.4 is 10.2 Å². The summed E-state index contributed by atoms with van der Waals surface area (Å²) in [5.74, 6) is 0.314. The molecule has 4 aromatic rings. The molecule has 1 unspecified atom stereocenters. The minimum Gasteiger partial charge on any atom is -0.334 e. The maximum absolute atomic E-state index is 14.0. The molecule has 0 saturated carbocycles. The molecule has 7 heteroatoms. The smallest absolute Gasteiger partial charge is 0.327 e. The van der Waals surface area contributed by atoms with E-state index in [1.807, 2.05) is 54.6 Å². The van der Waals surface area contributed by atoms with Crippen molar-refractivity contribution in [2.24, 2.45) is 0 Å². The fourth-order valence-corrected chi connectivity index (χ4v) is 4.18. The molecule has 0 radical (unpaired) electrons. The lowest BCUT2D eigenvalue weighted by Gasteiger charge is -2.35. The molecule has 170 valence electrons. The lowest BCUT2D eigenvalue weighted by Crippen LogP contribution is -2.46. The normalized spacial score (nSPS) is 16.0. The number of aromatic nitrogens is 2. The van der Waals surface area contributed by atoms with Crippen molar-refractivity contribution in [1.82, 2.24) is 15.5 Å². The number of rotatable bonds is 5. The van der Waals surface area contributed by atoms with Gasteiger partial charge in [-0.25, -0.2) is 9.18 Å². The summed E-state index contributed by atoms with van der Waals surface area (Å²) in [5, 5.41) is 7.22. The number of nitrogens with one attached hydrogen (secondary N) is 1. The van der Waals surface area contributed by atoms with Crippen molar-refractivity contribution >= 4 is 17.3 Å². The fraction of sp³-hybridized carbons (Fsp3) is 0.148. The van der Waals surface area contributed by atoms with Crippen LogP contribution in [-0.4, -0.2) is 16.2 Å². The monoisotopic (exact) mass is 454 g/mol. The molecule has 3 aromatic carbocycles. The van der Waals surface area contributed by atoms with Gasteiger partial charge >= 0.3 is 6.03 Å². The lowest BCUT2D eigenvalue weighted by molar-refractivity contribution is 0.244. The van der Waals surface area contributed by atoms with E-state index in [9.17, 15) is 9.18 Å². The Morgan fingerprint density at radius 3 is 2.50 bits per heavy atom. The Balaban J connectivity index is 1.65. The summed E-state index contributed by atoms with van der Waals surface area (Å²) < 4.78 is 19.7. The first-order valence-electron chi connectivity index (χ1n) is 11.1. The maximum Gasteiger partial charge on any atom is 0.327 e. The van der Waals surface area contributed by atoms with Crippen LogP contribution in [0.4, 0.5) is 14.9 Å². The Morgan fingerprint density at radius 1 is 1.03 bits per heavy atom. The standard InChI is InChI=1S/C27H23FN4O2/c1-3-18-12-14-19(15-13-18)24-23(26-30-25(31-34-26)20-8-5-4-6-9-20)17(2)32(27(33)29-24)22-11-7-10-21(28)16-22/h4-16,24H,3H2,1-2H3,(H,29,33). The van der Waals surface area contributed by atoms with Gasteiger partial charge in [0, 0.05) is 11.3 Å². The van der Waals surface area contributed by atoms with Gasteiger partial charge in [-0.05, 0) is 42.7 Å². The third kappa shape index (κ3) is 3.96. The maximum atomic E-state index is 14.0. The van der Waals surface area contributed by atoms with Crippen LogP contribution in [-0.2, 0) is 6.42 Å². The average molecular weight is 455 g/mol.